The number of hydrogen-bond donors (Lipinski definition) is 1. The predicted molar refractivity (Wildman–Crippen MR) is 77.7 cm³/mol. The van der Waals surface area contributed by atoms with Gasteiger partial charge < -0.3 is 10.5 Å². The van der Waals surface area contributed by atoms with Crippen molar-refractivity contribution in [2.45, 2.75) is 26.3 Å². The first-order valence-corrected chi connectivity index (χ1v) is 6.63. The van der Waals surface area contributed by atoms with Crippen LogP contribution in [0.3, 0.4) is 0 Å². The Labute approximate surface area is 118 Å². The Morgan fingerprint density at radius 2 is 2.11 bits per heavy atom. The van der Waals surface area contributed by atoms with E-state index in [2.05, 4.69) is 4.98 Å². The molecule has 0 unspecified atom stereocenters. The van der Waals surface area contributed by atoms with E-state index >= 15 is 0 Å². The molecule has 0 amide bonds. The molecule has 1 atom stereocenters. The Kier molecular flexibility index (Phi) is 4.40. The molecule has 19 heavy (non-hydrogen) atoms. The van der Waals surface area contributed by atoms with Crippen LogP contribution in [-0.4, -0.2) is 4.98 Å². The Balaban J connectivity index is 2.17. The SMILES string of the molecule is CC[C@@H](N)c1ccc(Oc2cc(Cl)ccc2C)cn1. The number of halogens is 1. The zero-order valence-corrected chi connectivity index (χ0v) is 11.8. The molecule has 0 fully saturated rings. The molecule has 1 aromatic carbocycles. The molecule has 0 aliphatic heterocycles. The Morgan fingerprint density at radius 1 is 1.32 bits per heavy atom. The second kappa shape index (κ2) is 6.04. The standard InChI is InChI=1S/C15H17ClN2O/c1-3-13(17)14-7-6-12(9-18-14)19-15-8-11(16)5-4-10(15)2/h4-9,13H,3,17H2,1-2H3/t13-/m1/s1. The number of aryl methyl sites for hydroxylation is 1. The normalized spacial score (nSPS) is 12.2. The van der Waals surface area contributed by atoms with E-state index in [4.69, 9.17) is 22.1 Å². The van der Waals surface area contributed by atoms with Crippen molar-refractivity contribution >= 4 is 11.6 Å². The molecule has 1 heterocycles. The van der Waals surface area contributed by atoms with E-state index < -0.39 is 0 Å². The fraction of sp³-hybridized carbons (Fsp3) is 0.267. The highest BCUT2D eigenvalue weighted by Gasteiger charge is 2.06. The van der Waals surface area contributed by atoms with Crippen LogP contribution in [0, 0.1) is 6.92 Å². The molecule has 0 saturated carbocycles. The van der Waals surface area contributed by atoms with Gasteiger partial charge in [-0.25, -0.2) is 0 Å². The van der Waals surface area contributed by atoms with Gasteiger partial charge in [-0.3, -0.25) is 4.98 Å². The predicted octanol–water partition coefficient (Wildman–Crippen LogP) is 4.25. The fourth-order valence-corrected chi connectivity index (χ4v) is 1.85. The van der Waals surface area contributed by atoms with Crippen molar-refractivity contribution in [3.63, 3.8) is 0 Å². The number of pyridine rings is 1. The summed E-state index contributed by atoms with van der Waals surface area (Å²) < 4.78 is 5.77. The smallest absolute Gasteiger partial charge is 0.145 e. The van der Waals surface area contributed by atoms with Gasteiger partial charge in [0.15, 0.2) is 0 Å². The average molecular weight is 277 g/mol. The molecule has 0 bridgehead atoms. The van der Waals surface area contributed by atoms with Crippen molar-refractivity contribution in [2.24, 2.45) is 5.73 Å². The third-order valence-electron chi connectivity index (χ3n) is 2.96. The summed E-state index contributed by atoms with van der Waals surface area (Å²) in [5, 5.41) is 0.651. The molecule has 0 radical (unpaired) electrons. The lowest BCUT2D eigenvalue weighted by atomic mass is 10.1. The maximum absolute atomic E-state index is 5.96. The molecule has 0 aliphatic rings. The monoisotopic (exact) mass is 276 g/mol. The van der Waals surface area contributed by atoms with Gasteiger partial charge in [0.1, 0.15) is 11.5 Å². The van der Waals surface area contributed by atoms with Crippen LogP contribution in [0.25, 0.3) is 0 Å². The zero-order valence-electron chi connectivity index (χ0n) is 11.1. The summed E-state index contributed by atoms with van der Waals surface area (Å²) in [4.78, 5) is 4.31. The van der Waals surface area contributed by atoms with Gasteiger partial charge in [-0.15, -0.1) is 0 Å². The van der Waals surface area contributed by atoms with Gasteiger partial charge in [0.2, 0.25) is 0 Å². The quantitative estimate of drug-likeness (QED) is 0.908. The second-order valence-corrected chi connectivity index (χ2v) is 4.88. The molecular formula is C15H17ClN2O. The lowest BCUT2D eigenvalue weighted by Gasteiger charge is -2.11. The summed E-state index contributed by atoms with van der Waals surface area (Å²) in [5.74, 6) is 1.42. The van der Waals surface area contributed by atoms with E-state index in [0.717, 1.165) is 23.4 Å². The van der Waals surface area contributed by atoms with Crippen LogP contribution in [0.15, 0.2) is 36.5 Å². The van der Waals surface area contributed by atoms with E-state index in [1.807, 2.05) is 38.1 Å². The van der Waals surface area contributed by atoms with Gasteiger partial charge in [-0.05, 0) is 43.2 Å². The first-order valence-electron chi connectivity index (χ1n) is 6.25. The Hall–Kier alpha value is -1.58. The lowest BCUT2D eigenvalue weighted by Crippen LogP contribution is -2.10. The molecular weight excluding hydrogens is 260 g/mol. The van der Waals surface area contributed by atoms with Gasteiger partial charge in [0.25, 0.3) is 0 Å². The maximum Gasteiger partial charge on any atom is 0.145 e. The molecule has 2 N–H and O–H groups in total. The zero-order chi connectivity index (χ0) is 13.8. The average Bonchev–Trinajstić information content (AvgIpc) is 2.43. The van der Waals surface area contributed by atoms with Crippen LogP contribution in [-0.2, 0) is 0 Å². The largest absolute Gasteiger partial charge is 0.455 e. The minimum atomic E-state index is -0.0260. The van der Waals surface area contributed by atoms with Gasteiger partial charge in [-0.1, -0.05) is 24.6 Å². The van der Waals surface area contributed by atoms with Crippen molar-refractivity contribution in [3.8, 4) is 11.5 Å². The van der Waals surface area contributed by atoms with Crippen LogP contribution in [0.1, 0.15) is 30.6 Å². The van der Waals surface area contributed by atoms with Crippen molar-refractivity contribution < 1.29 is 4.74 Å². The Morgan fingerprint density at radius 3 is 2.74 bits per heavy atom. The summed E-state index contributed by atoms with van der Waals surface area (Å²) in [6, 6.07) is 9.30. The molecule has 0 aliphatic carbocycles. The summed E-state index contributed by atoms with van der Waals surface area (Å²) in [6.45, 7) is 4.01. The third-order valence-corrected chi connectivity index (χ3v) is 3.19. The van der Waals surface area contributed by atoms with E-state index in [0.29, 0.717) is 10.8 Å². The van der Waals surface area contributed by atoms with E-state index in [-0.39, 0.29) is 6.04 Å². The molecule has 2 rings (SSSR count). The molecule has 2 aromatic rings. The molecule has 0 saturated heterocycles. The number of rotatable bonds is 4. The van der Waals surface area contributed by atoms with Crippen molar-refractivity contribution in [1.29, 1.82) is 0 Å². The third kappa shape index (κ3) is 3.46. The number of nitrogens with zero attached hydrogens (tertiary/aromatic N) is 1. The summed E-state index contributed by atoms with van der Waals surface area (Å²) in [7, 11) is 0. The van der Waals surface area contributed by atoms with Crippen molar-refractivity contribution in [2.75, 3.05) is 0 Å². The Bertz CT molecular complexity index is 555. The molecule has 0 spiro atoms. The van der Waals surface area contributed by atoms with Crippen LogP contribution in [0.5, 0.6) is 11.5 Å². The van der Waals surface area contributed by atoms with Gasteiger partial charge in [0.05, 0.1) is 11.9 Å². The van der Waals surface area contributed by atoms with Crippen LogP contribution < -0.4 is 10.5 Å². The minimum Gasteiger partial charge on any atom is -0.455 e. The number of hydrogen-bond acceptors (Lipinski definition) is 3. The number of benzene rings is 1. The highest BCUT2D eigenvalue weighted by Crippen LogP contribution is 2.27. The molecule has 1 aromatic heterocycles. The van der Waals surface area contributed by atoms with Gasteiger partial charge >= 0.3 is 0 Å². The topological polar surface area (TPSA) is 48.1 Å². The summed E-state index contributed by atoms with van der Waals surface area (Å²) in [5.41, 5.74) is 7.82. The highest BCUT2D eigenvalue weighted by molar-refractivity contribution is 6.30. The molecule has 4 heteroatoms. The lowest BCUT2D eigenvalue weighted by molar-refractivity contribution is 0.475. The first kappa shape index (κ1) is 13.8. The molecule has 100 valence electrons. The van der Waals surface area contributed by atoms with E-state index in [1.54, 1.807) is 12.3 Å². The first-order chi connectivity index (χ1) is 9.10. The van der Waals surface area contributed by atoms with Gasteiger partial charge in [-0.2, -0.15) is 0 Å². The fourth-order valence-electron chi connectivity index (χ4n) is 1.69. The summed E-state index contributed by atoms with van der Waals surface area (Å²) >= 11 is 5.96. The number of nitrogens with two attached hydrogens (primary N) is 1. The minimum absolute atomic E-state index is 0.0260. The highest BCUT2D eigenvalue weighted by atomic mass is 35.5. The molecule has 3 nitrogen and oxygen atoms in total. The van der Waals surface area contributed by atoms with E-state index in [9.17, 15) is 0 Å². The summed E-state index contributed by atoms with van der Waals surface area (Å²) in [6.07, 6.45) is 2.55. The maximum atomic E-state index is 5.96. The van der Waals surface area contributed by atoms with Crippen molar-refractivity contribution in [1.82, 2.24) is 4.98 Å². The van der Waals surface area contributed by atoms with Crippen LogP contribution >= 0.6 is 11.6 Å². The van der Waals surface area contributed by atoms with E-state index in [1.165, 1.54) is 0 Å². The van der Waals surface area contributed by atoms with Crippen molar-refractivity contribution in [3.05, 3.63) is 52.8 Å². The van der Waals surface area contributed by atoms with Gasteiger partial charge in [0, 0.05) is 11.1 Å². The number of aromatic nitrogens is 1. The second-order valence-electron chi connectivity index (χ2n) is 4.45. The number of ether oxygens (including phenoxy) is 1. The van der Waals surface area contributed by atoms with Crippen LogP contribution in [0.4, 0.5) is 0 Å². The van der Waals surface area contributed by atoms with Crippen LogP contribution in [0.2, 0.25) is 5.02 Å².